The van der Waals surface area contributed by atoms with E-state index in [4.69, 9.17) is 42.1 Å². The summed E-state index contributed by atoms with van der Waals surface area (Å²) in [4.78, 5) is 25.4. The molecule has 1 amide bonds. The summed E-state index contributed by atoms with van der Waals surface area (Å²) in [5.74, 6) is 0.135. The molecule has 0 saturated carbocycles. The van der Waals surface area contributed by atoms with Crippen LogP contribution in [0.5, 0.6) is 23.0 Å². The van der Waals surface area contributed by atoms with Crippen LogP contribution in [0.1, 0.15) is 34.6 Å². The van der Waals surface area contributed by atoms with Crippen molar-refractivity contribution in [2.75, 3.05) is 31.7 Å². The van der Waals surface area contributed by atoms with E-state index in [-0.39, 0.29) is 16.4 Å². The fourth-order valence-corrected chi connectivity index (χ4v) is 3.44. The monoisotopic (exact) mass is 525 g/mol. The fraction of sp³-hybridized carbons (Fsp3) is 0.417. The number of Topliss-reactive ketones (excluding diaryl/α,β-unsaturated/α-hetero) is 1. The van der Waals surface area contributed by atoms with Gasteiger partial charge in [-0.1, -0.05) is 23.2 Å². The van der Waals surface area contributed by atoms with Crippen LogP contribution in [0.3, 0.4) is 0 Å². The molecule has 0 aliphatic rings. The largest absolute Gasteiger partial charge is 0.494 e. The van der Waals surface area contributed by atoms with Gasteiger partial charge in [0.1, 0.15) is 28.6 Å². The van der Waals surface area contributed by atoms with Gasteiger partial charge in [-0.15, -0.1) is 5.11 Å². The van der Waals surface area contributed by atoms with Gasteiger partial charge in [0.2, 0.25) is 6.04 Å². The molecule has 35 heavy (non-hydrogen) atoms. The van der Waals surface area contributed by atoms with E-state index in [1.54, 1.807) is 45.0 Å². The fourth-order valence-electron chi connectivity index (χ4n) is 3.01. The standard InChI is InChI=1S/C24H29Cl2N3O6/c1-6-32-16-12-17(26)22(20(13-16)35-9-4)29-28-21(14(5)30)24(31)27-23-18(33-7-2)10-15(25)11-19(23)34-8-3/h10-13,21H,6-9H2,1-5H3,(H,27,31). The minimum absolute atomic E-state index is 0.174. The zero-order chi connectivity index (χ0) is 26.0. The molecule has 0 radical (unpaired) electrons. The number of carbonyl (C=O) groups is 2. The molecule has 1 atom stereocenters. The number of anilines is 1. The van der Waals surface area contributed by atoms with Crippen LogP contribution in [0.4, 0.5) is 11.4 Å². The number of ether oxygens (including phenoxy) is 4. The molecular formula is C24H29Cl2N3O6. The van der Waals surface area contributed by atoms with Crippen LogP contribution in [0, 0.1) is 0 Å². The highest BCUT2D eigenvalue weighted by Gasteiger charge is 2.26. The zero-order valence-electron chi connectivity index (χ0n) is 20.3. The van der Waals surface area contributed by atoms with Crippen molar-refractivity contribution in [3.05, 3.63) is 34.3 Å². The Balaban J connectivity index is 2.42. The molecule has 0 aliphatic carbocycles. The second-order valence-electron chi connectivity index (χ2n) is 6.98. The molecule has 2 aromatic rings. The molecule has 0 heterocycles. The van der Waals surface area contributed by atoms with Crippen LogP contribution >= 0.6 is 23.2 Å². The Hall–Kier alpha value is -3.04. The Morgan fingerprint density at radius 2 is 1.40 bits per heavy atom. The van der Waals surface area contributed by atoms with Crippen LogP contribution in [-0.2, 0) is 9.59 Å². The van der Waals surface area contributed by atoms with Gasteiger partial charge in [0.25, 0.3) is 5.91 Å². The second-order valence-corrected chi connectivity index (χ2v) is 7.82. The number of halogens is 2. The number of benzene rings is 2. The van der Waals surface area contributed by atoms with Crippen LogP contribution in [0.25, 0.3) is 0 Å². The van der Waals surface area contributed by atoms with Crippen molar-refractivity contribution in [2.24, 2.45) is 10.2 Å². The predicted octanol–water partition coefficient (Wildman–Crippen LogP) is 6.27. The van der Waals surface area contributed by atoms with Crippen LogP contribution in [0.2, 0.25) is 10.0 Å². The molecule has 2 rings (SSSR count). The summed E-state index contributed by atoms with van der Waals surface area (Å²) in [6.45, 7) is 9.86. The summed E-state index contributed by atoms with van der Waals surface area (Å²) in [7, 11) is 0. The van der Waals surface area contributed by atoms with E-state index in [1.165, 1.54) is 6.92 Å². The maximum absolute atomic E-state index is 13.1. The normalized spacial score (nSPS) is 11.7. The quantitative estimate of drug-likeness (QED) is 0.244. The Kier molecular flexibility index (Phi) is 11.1. The first-order valence-electron chi connectivity index (χ1n) is 11.2. The molecule has 11 heteroatoms. The summed E-state index contributed by atoms with van der Waals surface area (Å²) < 4.78 is 22.3. The molecule has 0 aliphatic heterocycles. The lowest BCUT2D eigenvalue weighted by atomic mass is 10.2. The SMILES string of the molecule is CCOc1cc(Cl)c(N=NC(C(C)=O)C(=O)Nc2c(OCC)cc(Cl)cc2OCC)c(OCC)c1. The van der Waals surface area contributed by atoms with Crippen LogP contribution in [0.15, 0.2) is 34.5 Å². The van der Waals surface area contributed by atoms with Gasteiger partial charge >= 0.3 is 0 Å². The average molecular weight is 526 g/mol. The number of amides is 1. The summed E-state index contributed by atoms with van der Waals surface area (Å²) in [6.07, 6.45) is 0. The Morgan fingerprint density at radius 1 is 0.857 bits per heavy atom. The van der Waals surface area contributed by atoms with Gasteiger partial charge in [0, 0.05) is 29.3 Å². The highest BCUT2D eigenvalue weighted by molar-refractivity contribution is 6.33. The van der Waals surface area contributed by atoms with Gasteiger partial charge < -0.3 is 24.3 Å². The highest BCUT2D eigenvalue weighted by Crippen LogP contribution is 2.40. The van der Waals surface area contributed by atoms with E-state index in [2.05, 4.69) is 15.5 Å². The van der Waals surface area contributed by atoms with E-state index in [9.17, 15) is 9.59 Å². The Morgan fingerprint density at radius 3 is 1.91 bits per heavy atom. The van der Waals surface area contributed by atoms with Crippen molar-refractivity contribution in [2.45, 2.75) is 40.7 Å². The molecule has 0 fully saturated rings. The van der Waals surface area contributed by atoms with E-state index >= 15 is 0 Å². The molecule has 0 bridgehead atoms. The minimum Gasteiger partial charge on any atom is -0.494 e. The first-order chi connectivity index (χ1) is 16.7. The van der Waals surface area contributed by atoms with Crippen molar-refractivity contribution < 1.29 is 28.5 Å². The number of hydrogen-bond acceptors (Lipinski definition) is 8. The maximum atomic E-state index is 13.1. The molecule has 190 valence electrons. The molecule has 0 aromatic heterocycles. The molecule has 0 saturated heterocycles. The number of nitrogens with one attached hydrogen (secondary N) is 1. The number of ketones is 1. The number of azo groups is 1. The summed E-state index contributed by atoms with van der Waals surface area (Å²) in [6, 6.07) is 4.79. The van der Waals surface area contributed by atoms with Crippen LogP contribution in [-0.4, -0.2) is 44.2 Å². The molecule has 0 spiro atoms. The highest BCUT2D eigenvalue weighted by atomic mass is 35.5. The molecule has 9 nitrogen and oxygen atoms in total. The average Bonchev–Trinajstić information content (AvgIpc) is 2.78. The summed E-state index contributed by atoms with van der Waals surface area (Å²) in [5, 5.41) is 11.3. The number of hydrogen-bond donors (Lipinski definition) is 1. The number of carbonyl (C=O) groups excluding carboxylic acids is 2. The lowest BCUT2D eigenvalue weighted by molar-refractivity contribution is -0.126. The lowest BCUT2D eigenvalue weighted by Gasteiger charge is -2.18. The van der Waals surface area contributed by atoms with Crippen molar-refractivity contribution in [3.63, 3.8) is 0 Å². The van der Waals surface area contributed by atoms with Gasteiger partial charge in [-0.2, -0.15) is 5.11 Å². The maximum Gasteiger partial charge on any atom is 0.259 e. The van der Waals surface area contributed by atoms with Gasteiger partial charge in [-0.05, 0) is 34.6 Å². The number of rotatable bonds is 13. The van der Waals surface area contributed by atoms with E-state index in [0.29, 0.717) is 54.4 Å². The van der Waals surface area contributed by atoms with E-state index in [1.807, 2.05) is 6.92 Å². The first-order valence-corrected chi connectivity index (χ1v) is 11.9. The third-order valence-electron chi connectivity index (χ3n) is 4.40. The Bertz CT molecular complexity index is 1050. The van der Waals surface area contributed by atoms with Gasteiger partial charge in [0.05, 0.1) is 31.5 Å². The topological polar surface area (TPSA) is 108 Å². The lowest BCUT2D eigenvalue weighted by Crippen LogP contribution is -2.32. The van der Waals surface area contributed by atoms with Crippen molar-refractivity contribution in [1.82, 2.24) is 0 Å². The second kappa shape index (κ2) is 13.7. The van der Waals surface area contributed by atoms with Crippen molar-refractivity contribution >= 4 is 46.3 Å². The molecular weight excluding hydrogens is 497 g/mol. The van der Waals surface area contributed by atoms with E-state index in [0.717, 1.165) is 0 Å². The third kappa shape index (κ3) is 7.73. The van der Waals surface area contributed by atoms with Crippen LogP contribution < -0.4 is 24.3 Å². The van der Waals surface area contributed by atoms with Gasteiger partial charge in [-0.25, -0.2) is 0 Å². The first kappa shape index (κ1) is 28.2. The Labute approximate surface area is 214 Å². The van der Waals surface area contributed by atoms with Crippen molar-refractivity contribution in [3.8, 4) is 23.0 Å². The third-order valence-corrected chi connectivity index (χ3v) is 4.90. The van der Waals surface area contributed by atoms with Crippen molar-refractivity contribution in [1.29, 1.82) is 0 Å². The van der Waals surface area contributed by atoms with Gasteiger partial charge in [0.15, 0.2) is 11.5 Å². The number of nitrogens with zero attached hydrogens (tertiary/aromatic N) is 2. The minimum atomic E-state index is -1.47. The zero-order valence-corrected chi connectivity index (χ0v) is 21.8. The smallest absolute Gasteiger partial charge is 0.259 e. The summed E-state index contributed by atoms with van der Waals surface area (Å²) in [5.41, 5.74) is 0.408. The van der Waals surface area contributed by atoms with Gasteiger partial charge in [-0.3, -0.25) is 9.59 Å². The van der Waals surface area contributed by atoms with E-state index < -0.39 is 17.7 Å². The molecule has 1 unspecified atom stereocenters. The molecule has 2 aromatic carbocycles. The summed E-state index contributed by atoms with van der Waals surface area (Å²) >= 11 is 12.5. The molecule has 1 N–H and O–H groups in total. The predicted molar refractivity (Wildman–Crippen MR) is 135 cm³/mol.